The zero-order valence-corrected chi connectivity index (χ0v) is 10.6. The van der Waals surface area contributed by atoms with E-state index in [-0.39, 0.29) is 0 Å². The molecule has 0 amide bonds. The molecule has 2 aromatic carbocycles. The topological polar surface area (TPSA) is 30.0 Å². The van der Waals surface area contributed by atoms with Gasteiger partial charge in [-0.15, -0.1) is 0 Å². The van der Waals surface area contributed by atoms with Crippen LogP contribution in [-0.4, -0.2) is 11.3 Å². The van der Waals surface area contributed by atoms with Crippen LogP contribution < -0.4 is 0 Å². The summed E-state index contributed by atoms with van der Waals surface area (Å²) in [7, 11) is 0. The van der Waals surface area contributed by atoms with Crippen molar-refractivity contribution < 1.29 is 4.79 Å². The first-order valence-electron chi connectivity index (χ1n) is 6.20. The van der Waals surface area contributed by atoms with Crippen molar-refractivity contribution in [2.45, 2.75) is 6.92 Å². The molecule has 2 heteroatoms. The van der Waals surface area contributed by atoms with Crippen LogP contribution in [0.4, 0.5) is 0 Å². The third-order valence-corrected chi connectivity index (χ3v) is 3.21. The summed E-state index contributed by atoms with van der Waals surface area (Å²) in [5, 5.41) is 0.987. The quantitative estimate of drug-likeness (QED) is 0.640. The normalized spacial score (nSPS) is 10.6. The van der Waals surface area contributed by atoms with Gasteiger partial charge in [-0.05, 0) is 19.1 Å². The molecule has 0 radical (unpaired) electrons. The van der Waals surface area contributed by atoms with Gasteiger partial charge in [0.15, 0.2) is 6.29 Å². The van der Waals surface area contributed by atoms with Crippen LogP contribution in [0.5, 0.6) is 0 Å². The van der Waals surface area contributed by atoms with E-state index < -0.39 is 0 Å². The van der Waals surface area contributed by atoms with Gasteiger partial charge >= 0.3 is 0 Å². The van der Waals surface area contributed by atoms with Gasteiger partial charge in [-0.3, -0.25) is 4.79 Å². The molecule has 3 rings (SSSR count). The molecule has 1 aromatic heterocycles. The van der Waals surface area contributed by atoms with Gasteiger partial charge in [-0.1, -0.05) is 48.0 Å². The summed E-state index contributed by atoms with van der Waals surface area (Å²) in [4.78, 5) is 15.9. The molecule has 1 heterocycles. The highest BCUT2D eigenvalue weighted by atomic mass is 16.1. The molecule has 3 aromatic rings. The third-order valence-electron chi connectivity index (χ3n) is 3.21. The number of para-hydroxylation sites is 1. The minimum absolute atomic E-state index is 0.627. The lowest BCUT2D eigenvalue weighted by molar-refractivity contribution is 0.112. The molecule has 0 atom stereocenters. The van der Waals surface area contributed by atoms with E-state index in [1.807, 2.05) is 61.5 Å². The number of carbonyl (C=O) groups is 1. The molecule has 0 bridgehead atoms. The summed E-state index contributed by atoms with van der Waals surface area (Å²) in [5.74, 6) is 0. The molecule has 92 valence electrons. The molecule has 0 N–H and O–H groups in total. The van der Waals surface area contributed by atoms with Gasteiger partial charge < -0.3 is 0 Å². The predicted octanol–water partition coefficient (Wildman–Crippen LogP) is 4.02. The second-order valence-electron chi connectivity index (χ2n) is 4.60. The van der Waals surface area contributed by atoms with Gasteiger partial charge in [0.05, 0.1) is 11.2 Å². The first-order chi connectivity index (χ1) is 9.28. The van der Waals surface area contributed by atoms with E-state index in [0.717, 1.165) is 28.4 Å². The first-order valence-corrected chi connectivity index (χ1v) is 6.20. The van der Waals surface area contributed by atoms with Crippen LogP contribution in [0.15, 0.2) is 54.6 Å². The number of aldehydes is 1. The van der Waals surface area contributed by atoms with E-state index in [2.05, 4.69) is 4.98 Å². The lowest BCUT2D eigenvalue weighted by atomic mass is 10.0. The highest BCUT2D eigenvalue weighted by Crippen LogP contribution is 2.24. The Morgan fingerprint density at radius 1 is 1.00 bits per heavy atom. The fourth-order valence-electron chi connectivity index (χ4n) is 2.16. The maximum absolute atomic E-state index is 11.3. The van der Waals surface area contributed by atoms with Crippen LogP contribution in [-0.2, 0) is 0 Å². The molecule has 0 aliphatic carbocycles. The number of nitrogens with zero attached hydrogens (tertiary/aromatic N) is 1. The second-order valence-corrected chi connectivity index (χ2v) is 4.60. The van der Waals surface area contributed by atoms with Crippen molar-refractivity contribution in [3.05, 3.63) is 65.7 Å². The van der Waals surface area contributed by atoms with Crippen molar-refractivity contribution in [2.24, 2.45) is 0 Å². The Hall–Kier alpha value is -2.48. The van der Waals surface area contributed by atoms with Crippen LogP contribution in [0, 0.1) is 6.92 Å². The summed E-state index contributed by atoms with van der Waals surface area (Å²) in [5.41, 5.74) is 4.44. The van der Waals surface area contributed by atoms with Crippen molar-refractivity contribution in [3.8, 4) is 11.3 Å². The third kappa shape index (κ3) is 2.13. The van der Waals surface area contributed by atoms with Crippen molar-refractivity contribution in [3.63, 3.8) is 0 Å². The number of hydrogen-bond donors (Lipinski definition) is 0. The summed E-state index contributed by atoms with van der Waals surface area (Å²) in [6, 6.07) is 17.8. The largest absolute Gasteiger partial charge is 0.298 e. The number of aromatic nitrogens is 1. The molecular weight excluding hydrogens is 234 g/mol. The van der Waals surface area contributed by atoms with Crippen LogP contribution in [0.2, 0.25) is 0 Å². The number of pyridine rings is 1. The van der Waals surface area contributed by atoms with Crippen molar-refractivity contribution in [1.82, 2.24) is 4.98 Å². The SMILES string of the molecule is Cc1ccc(-c2nc3ccccc3cc2C=O)cc1. The molecule has 0 aliphatic rings. The summed E-state index contributed by atoms with van der Waals surface area (Å²) in [6.45, 7) is 2.04. The van der Waals surface area contributed by atoms with E-state index in [9.17, 15) is 4.79 Å². The van der Waals surface area contributed by atoms with Gasteiger partial charge in [0.2, 0.25) is 0 Å². The Morgan fingerprint density at radius 2 is 1.74 bits per heavy atom. The minimum Gasteiger partial charge on any atom is -0.298 e. The van der Waals surface area contributed by atoms with Crippen molar-refractivity contribution in [2.75, 3.05) is 0 Å². The summed E-state index contributed by atoms with van der Waals surface area (Å²) < 4.78 is 0. The maximum Gasteiger partial charge on any atom is 0.152 e. The number of rotatable bonds is 2. The smallest absolute Gasteiger partial charge is 0.152 e. The van der Waals surface area contributed by atoms with Gasteiger partial charge in [0.1, 0.15) is 0 Å². The molecule has 0 saturated carbocycles. The average molecular weight is 247 g/mol. The van der Waals surface area contributed by atoms with Crippen LogP contribution in [0.25, 0.3) is 22.2 Å². The predicted molar refractivity (Wildman–Crippen MR) is 77.3 cm³/mol. The zero-order valence-electron chi connectivity index (χ0n) is 10.6. The van der Waals surface area contributed by atoms with E-state index in [1.54, 1.807) is 0 Å². The molecule has 0 aliphatic heterocycles. The molecule has 0 spiro atoms. The van der Waals surface area contributed by atoms with E-state index in [1.165, 1.54) is 5.56 Å². The molecule has 0 unspecified atom stereocenters. The Kier molecular flexibility index (Phi) is 2.84. The second kappa shape index (κ2) is 4.65. The average Bonchev–Trinajstić information content (AvgIpc) is 2.46. The Morgan fingerprint density at radius 3 is 2.47 bits per heavy atom. The highest BCUT2D eigenvalue weighted by Gasteiger charge is 2.08. The van der Waals surface area contributed by atoms with Crippen LogP contribution in [0.3, 0.4) is 0 Å². The van der Waals surface area contributed by atoms with Crippen molar-refractivity contribution >= 4 is 17.2 Å². The molecule has 2 nitrogen and oxygen atoms in total. The van der Waals surface area contributed by atoms with Crippen LogP contribution in [0.1, 0.15) is 15.9 Å². The number of benzene rings is 2. The van der Waals surface area contributed by atoms with Gasteiger partial charge in [-0.2, -0.15) is 0 Å². The monoisotopic (exact) mass is 247 g/mol. The molecule has 19 heavy (non-hydrogen) atoms. The maximum atomic E-state index is 11.3. The highest BCUT2D eigenvalue weighted by molar-refractivity contribution is 5.93. The first kappa shape index (κ1) is 11.6. The van der Waals surface area contributed by atoms with E-state index in [4.69, 9.17) is 0 Å². The number of fused-ring (bicyclic) bond motifs is 1. The fraction of sp³-hybridized carbons (Fsp3) is 0.0588. The minimum atomic E-state index is 0.627. The number of carbonyl (C=O) groups excluding carboxylic acids is 1. The Balaban J connectivity index is 2.26. The molecule has 0 saturated heterocycles. The summed E-state index contributed by atoms with van der Waals surface area (Å²) >= 11 is 0. The Bertz CT molecular complexity index is 745. The standard InChI is InChI=1S/C17H13NO/c1-12-6-8-13(9-7-12)17-15(11-19)10-14-4-2-3-5-16(14)18-17/h2-11H,1H3. The lowest BCUT2D eigenvalue weighted by Gasteiger charge is -2.07. The Labute approximate surface area is 111 Å². The molecular formula is C17H13NO. The van der Waals surface area contributed by atoms with Gasteiger partial charge in [-0.25, -0.2) is 4.98 Å². The fourth-order valence-corrected chi connectivity index (χ4v) is 2.16. The van der Waals surface area contributed by atoms with Crippen molar-refractivity contribution in [1.29, 1.82) is 0 Å². The number of hydrogen-bond acceptors (Lipinski definition) is 2. The lowest BCUT2D eigenvalue weighted by Crippen LogP contribution is -1.93. The zero-order chi connectivity index (χ0) is 13.2. The van der Waals surface area contributed by atoms with E-state index >= 15 is 0 Å². The van der Waals surface area contributed by atoms with E-state index in [0.29, 0.717) is 5.56 Å². The van der Waals surface area contributed by atoms with Crippen LogP contribution >= 0.6 is 0 Å². The summed E-state index contributed by atoms with van der Waals surface area (Å²) in [6.07, 6.45) is 0.870. The van der Waals surface area contributed by atoms with Gasteiger partial charge in [0, 0.05) is 16.5 Å². The van der Waals surface area contributed by atoms with Gasteiger partial charge in [0.25, 0.3) is 0 Å². The number of aryl methyl sites for hydroxylation is 1. The molecule has 0 fully saturated rings.